The van der Waals surface area contributed by atoms with Crippen molar-refractivity contribution in [1.82, 2.24) is 24.6 Å². The molecule has 1 amide bonds. The summed E-state index contributed by atoms with van der Waals surface area (Å²) in [7, 11) is 0. The number of carbonyl (C=O) groups is 1. The van der Waals surface area contributed by atoms with Gasteiger partial charge in [0.25, 0.3) is 0 Å². The summed E-state index contributed by atoms with van der Waals surface area (Å²) in [6, 6.07) is 6.71. The second-order valence-corrected chi connectivity index (χ2v) is 8.03. The summed E-state index contributed by atoms with van der Waals surface area (Å²) in [6.45, 7) is 11.4. The van der Waals surface area contributed by atoms with E-state index in [1.807, 2.05) is 4.90 Å². The van der Waals surface area contributed by atoms with E-state index < -0.39 is 0 Å². The number of fused-ring (bicyclic) bond motifs is 1. The van der Waals surface area contributed by atoms with Crippen molar-refractivity contribution >= 4 is 5.91 Å². The number of aromatic nitrogens is 3. The smallest absolute Gasteiger partial charge is 0.219 e. The van der Waals surface area contributed by atoms with E-state index in [-0.39, 0.29) is 5.91 Å². The third kappa shape index (κ3) is 3.76. The molecule has 1 fully saturated rings. The summed E-state index contributed by atoms with van der Waals surface area (Å²) in [5, 5.41) is 8.99. The molecule has 3 heterocycles. The maximum Gasteiger partial charge on any atom is 0.219 e. The summed E-state index contributed by atoms with van der Waals surface area (Å²) < 4.78 is 2.27. The van der Waals surface area contributed by atoms with Crippen LogP contribution in [0.3, 0.4) is 0 Å². The molecule has 2 aliphatic heterocycles. The molecule has 1 aromatic heterocycles. The summed E-state index contributed by atoms with van der Waals surface area (Å²) in [5.74, 6) is 2.72. The van der Waals surface area contributed by atoms with Crippen molar-refractivity contribution in [3.63, 3.8) is 0 Å². The largest absolute Gasteiger partial charge is 0.341 e. The summed E-state index contributed by atoms with van der Waals surface area (Å²) in [4.78, 5) is 16.2. The van der Waals surface area contributed by atoms with Crippen molar-refractivity contribution in [1.29, 1.82) is 0 Å². The molecular weight excluding hydrogens is 338 g/mol. The van der Waals surface area contributed by atoms with Crippen LogP contribution in [0.4, 0.5) is 0 Å². The van der Waals surface area contributed by atoms with Gasteiger partial charge >= 0.3 is 0 Å². The Bertz CT molecular complexity index is 843. The summed E-state index contributed by atoms with van der Waals surface area (Å²) in [6.07, 6.45) is 1.92. The molecule has 4 rings (SSSR count). The fourth-order valence-corrected chi connectivity index (χ4v) is 4.36. The Labute approximate surface area is 161 Å². The van der Waals surface area contributed by atoms with E-state index in [1.165, 1.54) is 16.7 Å². The SMILES string of the molecule is CC(=O)N1CCc2nnc(C3CCN(Cc4cc(C)ccc4C)C3)n2CC1. The van der Waals surface area contributed by atoms with Crippen LogP contribution in [0, 0.1) is 13.8 Å². The molecule has 0 bridgehead atoms. The van der Waals surface area contributed by atoms with Gasteiger partial charge in [0.2, 0.25) is 5.91 Å². The molecule has 1 unspecified atom stereocenters. The highest BCUT2D eigenvalue weighted by Crippen LogP contribution is 2.29. The van der Waals surface area contributed by atoms with Crippen LogP contribution < -0.4 is 0 Å². The van der Waals surface area contributed by atoms with Crippen LogP contribution in [-0.2, 0) is 24.3 Å². The van der Waals surface area contributed by atoms with Crippen molar-refractivity contribution in [2.45, 2.75) is 52.6 Å². The number of benzene rings is 1. The molecule has 6 heteroatoms. The van der Waals surface area contributed by atoms with Crippen LogP contribution >= 0.6 is 0 Å². The Morgan fingerprint density at radius 2 is 2.00 bits per heavy atom. The molecule has 0 N–H and O–H groups in total. The highest BCUT2D eigenvalue weighted by molar-refractivity contribution is 5.73. The molecular formula is C21H29N5O. The van der Waals surface area contributed by atoms with Crippen LogP contribution in [0.1, 0.15) is 47.6 Å². The molecule has 0 saturated carbocycles. The molecule has 2 aromatic rings. The first-order valence-electron chi connectivity index (χ1n) is 9.97. The highest BCUT2D eigenvalue weighted by atomic mass is 16.2. The van der Waals surface area contributed by atoms with Gasteiger partial charge in [0.1, 0.15) is 11.6 Å². The number of aryl methyl sites for hydroxylation is 2. The monoisotopic (exact) mass is 367 g/mol. The summed E-state index contributed by atoms with van der Waals surface area (Å²) in [5.41, 5.74) is 4.11. The first-order valence-corrected chi connectivity index (χ1v) is 9.97. The molecule has 144 valence electrons. The Kier molecular flexibility index (Phi) is 5.00. The Morgan fingerprint density at radius 3 is 2.81 bits per heavy atom. The van der Waals surface area contributed by atoms with Crippen molar-refractivity contribution < 1.29 is 4.79 Å². The number of carbonyl (C=O) groups excluding carboxylic acids is 1. The highest BCUT2D eigenvalue weighted by Gasteiger charge is 2.30. The average Bonchev–Trinajstić information content (AvgIpc) is 3.19. The third-order valence-corrected chi connectivity index (χ3v) is 6.04. The van der Waals surface area contributed by atoms with Crippen molar-refractivity contribution in [2.24, 2.45) is 0 Å². The first kappa shape index (κ1) is 18.2. The molecule has 2 aliphatic rings. The maximum absolute atomic E-state index is 11.7. The van der Waals surface area contributed by atoms with Crippen molar-refractivity contribution in [3.8, 4) is 0 Å². The Hall–Kier alpha value is -2.21. The van der Waals surface area contributed by atoms with Gasteiger partial charge in [0.05, 0.1) is 0 Å². The van der Waals surface area contributed by atoms with Gasteiger partial charge in [-0.05, 0) is 37.9 Å². The number of amides is 1. The topological polar surface area (TPSA) is 54.3 Å². The van der Waals surface area contributed by atoms with Gasteiger partial charge in [0.15, 0.2) is 0 Å². The lowest BCUT2D eigenvalue weighted by Gasteiger charge is -2.19. The normalized spacial score (nSPS) is 20.6. The van der Waals surface area contributed by atoms with E-state index in [0.717, 1.165) is 63.8 Å². The second-order valence-electron chi connectivity index (χ2n) is 8.03. The minimum absolute atomic E-state index is 0.149. The van der Waals surface area contributed by atoms with Crippen LogP contribution in [-0.4, -0.2) is 56.7 Å². The maximum atomic E-state index is 11.7. The number of hydrogen-bond acceptors (Lipinski definition) is 4. The lowest BCUT2D eigenvalue weighted by atomic mass is 10.1. The minimum Gasteiger partial charge on any atom is -0.341 e. The zero-order valence-electron chi connectivity index (χ0n) is 16.6. The Morgan fingerprint density at radius 1 is 1.15 bits per heavy atom. The molecule has 1 atom stereocenters. The van der Waals surface area contributed by atoms with Crippen LogP contribution in [0.25, 0.3) is 0 Å². The van der Waals surface area contributed by atoms with Crippen LogP contribution in [0.5, 0.6) is 0 Å². The fraction of sp³-hybridized carbons (Fsp3) is 0.571. The van der Waals surface area contributed by atoms with Gasteiger partial charge in [-0.25, -0.2) is 0 Å². The molecule has 27 heavy (non-hydrogen) atoms. The molecule has 0 radical (unpaired) electrons. The predicted octanol–water partition coefficient (Wildman–Crippen LogP) is 2.29. The molecule has 1 aromatic carbocycles. The first-order chi connectivity index (χ1) is 13.0. The van der Waals surface area contributed by atoms with Gasteiger partial charge < -0.3 is 9.47 Å². The molecule has 0 aliphatic carbocycles. The van der Waals surface area contributed by atoms with E-state index >= 15 is 0 Å². The zero-order chi connectivity index (χ0) is 19.0. The van der Waals surface area contributed by atoms with Crippen molar-refractivity contribution in [2.75, 3.05) is 26.2 Å². The number of hydrogen-bond donors (Lipinski definition) is 0. The molecule has 6 nitrogen and oxygen atoms in total. The van der Waals surface area contributed by atoms with E-state index in [4.69, 9.17) is 0 Å². The third-order valence-electron chi connectivity index (χ3n) is 6.04. The molecule has 1 saturated heterocycles. The van der Waals surface area contributed by atoms with Gasteiger partial charge in [0, 0.05) is 52.0 Å². The van der Waals surface area contributed by atoms with E-state index in [0.29, 0.717) is 5.92 Å². The summed E-state index contributed by atoms with van der Waals surface area (Å²) >= 11 is 0. The van der Waals surface area contributed by atoms with E-state index in [1.54, 1.807) is 6.92 Å². The van der Waals surface area contributed by atoms with Crippen molar-refractivity contribution in [3.05, 3.63) is 46.5 Å². The second kappa shape index (κ2) is 7.43. The van der Waals surface area contributed by atoms with E-state index in [2.05, 4.69) is 51.7 Å². The van der Waals surface area contributed by atoms with Crippen LogP contribution in [0.15, 0.2) is 18.2 Å². The average molecular weight is 367 g/mol. The van der Waals surface area contributed by atoms with Gasteiger partial charge in [-0.3, -0.25) is 9.69 Å². The number of likely N-dealkylation sites (tertiary alicyclic amines) is 1. The van der Waals surface area contributed by atoms with Gasteiger partial charge in [-0.1, -0.05) is 23.8 Å². The van der Waals surface area contributed by atoms with E-state index in [9.17, 15) is 4.79 Å². The quantitative estimate of drug-likeness (QED) is 0.835. The van der Waals surface area contributed by atoms with Gasteiger partial charge in [-0.15, -0.1) is 10.2 Å². The standard InChI is InChI=1S/C21H29N5O/c1-15-4-5-16(2)19(12-15)14-24-8-6-18(13-24)21-23-22-20-7-9-25(17(3)27)10-11-26(20)21/h4-5,12,18H,6-11,13-14H2,1-3H3. The lowest BCUT2D eigenvalue weighted by Crippen LogP contribution is -2.31. The minimum atomic E-state index is 0.149. The lowest BCUT2D eigenvalue weighted by molar-refractivity contribution is -0.128. The number of nitrogens with zero attached hydrogens (tertiary/aromatic N) is 5. The molecule has 0 spiro atoms. The number of rotatable bonds is 3. The Balaban J connectivity index is 1.45. The van der Waals surface area contributed by atoms with Gasteiger partial charge in [-0.2, -0.15) is 0 Å². The van der Waals surface area contributed by atoms with Crippen LogP contribution in [0.2, 0.25) is 0 Å². The predicted molar refractivity (Wildman–Crippen MR) is 105 cm³/mol. The fourth-order valence-electron chi connectivity index (χ4n) is 4.36. The zero-order valence-corrected chi connectivity index (χ0v) is 16.6.